The number of rotatable bonds is 7. The fraction of sp³-hybridized carbons (Fsp3) is 1.00. The van der Waals surface area contributed by atoms with E-state index in [1.807, 2.05) is 18.8 Å². The molecule has 0 spiro atoms. The normalized spacial score (nSPS) is 13.8. The van der Waals surface area contributed by atoms with Crippen molar-refractivity contribution in [2.45, 2.75) is 32.4 Å². The van der Waals surface area contributed by atoms with E-state index < -0.39 is 0 Å². The molecule has 0 rings (SSSR count). The second-order valence-electron chi connectivity index (χ2n) is 3.15. The molecule has 2 nitrogen and oxygen atoms in total. The van der Waals surface area contributed by atoms with Gasteiger partial charge in [-0.2, -0.15) is 11.8 Å². The van der Waals surface area contributed by atoms with Crippen molar-refractivity contribution in [3.05, 3.63) is 0 Å². The third-order valence-corrected chi connectivity index (χ3v) is 2.43. The van der Waals surface area contributed by atoms with Crippen LogP contribution in [-0.2, 0) is 4.74 Å². The summed E-state index contributed by atoms with van der Waals surface area (Å²) in [6.07, 6.45) is 3.60. The summed E-state index contributed by atoms with van der Waals surface area (Å²) in [6, 6.07) is 0.596. The van der Waals surface area contributed by atoms with Crippen LogP contribution >= 0.6 is 11.8 Å². The van der Waals surface area contributed by atoms with E-state index in [9.17, 15) is 0 Å². The molecule has 1 N–H and O–H groups in total. The maximum Gasteiger partial charge on any atom is 0.0518 e. The zero-order valence-corrected chi connectivity index (χ0v) is 9.41. The van der Waals surface area contributed by atoms with Crippen LogP contribution in [-0.4, -0.2) is 37.8 Å². The van der Waals surface area contributed by atoms with Crippen LogP contribution in [0.2, 0.25) is 0 Å². The second-order valence-corrected chi connectivity index (χ2v) is 4.06. The summed E-state index contributed by atoms with van der Waals surface area (Å²) in [6.45, 7) is 5.01. The molecule has 0 saturated carbocycles. The topological polar surface area (TPSA) is 21.3 Å². The molecule has 0 aromatic heterocycles. The molecule has 0 radical (unpaired) electrons. The maximum absolute atomic E-state index is 5.47. The molecule has 1 atom stereocenters. The van der Waals surface area contributed by atoms with Gasteiger partial charge < -0.3 is 10.1 Å². The number of thioether (sulfide) groups is 1. The fourth-order valence-corrected chi connectivity index (χ4v) is 1.69. The van der Waals surface area contributed by atoms with Gasteiger partial charge in [0, 0.05) is 18.4 Å². The van der Waals surface area contributed by atoms with E-state index in [0.717, 1.165) is 18.8 Å². The molecule has 74 valence electrons. The molecular weight excluding hydrogens is 170 g/mol. The molecule has 3 heteroatoms. The predicted octanol–water partition coefficient (Wildman–Crippen LogP) is 1.75. The summed E-state index contributed by atoms with van der Waals surface area (Å²) >= 11 is 1.88. The van der Waals surface area contributed by atoms with Crippen molar-refractivity contribution < 1.29 is 4.74 Å². The van der Waals surface area contributed by atoms with Crippen molar-refractivity contribution >= 4 is 11.8 Å². The van der Waals surface area contributed by atoms with Crippen LogP contribution in [0, 0.1) is 0 Å². The van der Waals surface area contributed by atoms with Crippen LogP contribution < -0.4 is 5.32 Å². The summed E-state index contributed by atoms with van der Waals surface area (Å²) in [5.41, 5.74) is 0. The number of hydrogen-bond acceptors (Lipinski definition) is 3. The van der Waals surface area contributed by atoms with Crippen molar-refractivity contribution in [1.82, 2.24) is 5.32 Å². The minimum absolute atomic E-state index is 0.358. The largest absolute Gasteiger partial charge is 0.379 e. The maximum atomic E-state index is 5.47. The van der Waals surface area contributed by atoms with E-state index in [-0.39, 0.29) is 0 Å². The minimum Gasteiger partial charge on any atom is -0.379 e. The third kappa shape index (κ3) is 6.95. The lowest BCUT2D eigenvalue weighted by atomic mass is 10.2. The highest BCUT2D eigenvalue weighted by atomic mass is 32.2. The molecule has 0 saturated heterocycles. The Morgan fingerprint density at radius 1 is 1.42 bits per heavy atom. The van der Waals surface area contributed by atoms with E-state index in [0.29, 0.717) is 12.1 Å². The van der Waals surface area contributed by atoms with E-state index in [4.69, 9.17) is 4.74 Å². The first-order chi connectivity index (χ1) is 5.70. The summed E-state index contributed by atoms with van der Waals surface area (Å²) in [4.78, 5) is 0. The smallest absolute Gasteiger partial charge is 0.0518 e. The van der Waals surface area contributed by atoms with Crippen LogP contribution in [0.3, 0.4) is 0 Å². The van der Waals surface area contributed by atoms with Gasteiger partial charge in [0.2, 0.25) is 0 Å². The molecule has 0 heterocycles. The van der Waals surface area contributed by atoms with Gasteiger partial charge in [-0.3, -0.25) is 0 Å². The number of hydrogen-bond donors (Lipinski definition) is 1. The summed E-state index contributed by atoms with van der Waals surface area (Å²) in [5.74, 6) is 1.16. The van der Waals surface area contributed by atoms with E-state index in [1.165, 1.54) is 0 Å². The highest BCUT2D eigenvalue weighted by Crippen LogP contribution is 2.02. The Labute approximate surface area is 80.4 Å². The molecule has 0 aliphatic carbocycles. The molecule has 0 aromatic rings. The van der Waals surface area contributed by atoms with E-state index in [2.05, 4.69) is 25.4 Å². The Hall–Kier alpha value is 0.270. The quantitative estimate of drug-likeness (QED) is 0.662. The number of ether oxygens (including phenoxy) is 1. The molecule has 0 aliphatic rings. The first-order valence-corrected chi connectivity index (χ1v) is 5.88. The first kappa shape index (κ1) is 12.3. The molecule has 0 aliphatic heterocycles. The average Bonchev–Trinajstić information content (AvgIpc) is 2.02. The van der Waals surface area contributed by atoms with Gasteiger partial charge in [-0.25, -0.2) is 0 Å². The monoisotopic (exact) mass is 191 g/mol. The lowest BCUT2D eigenvalue weighted by molar-refractivity contribution is 0.0732. The van der Waals surface area contributed by atoms with Crippen LogP contribution in [0.1, 0.15) is 20.3 Å². The summed E-state index contributed by atoms with van der Waals surface area (Å²) in [7, 11) is 2.01. The van der Waals surface area contributed by atoms with Gasteiger partial charge >= 0.3 is 0 Å². The lowest BCUT2D eigenvalue weighted by Crippen LogP contribution is -2.29. The SMILES string of the molecule is CNC(CCOC(C)C)CSC. The summed E-state index contributed by atoms with van der Waals surface area (Å²) in [5, 5.41) is 3.28. The zero-order chi connectivity index (χ0) is 9.40. The third-order valence-electron chi connectivity index (χ3n) is 1.69. The second kappa shape index (κ2) is 7.90. The van der Waals surface area contributed by atoms with Crippen LogP contribution in [0.5, 0.6) is 0 Å². The molecule has 0 aromatic carbocycles. The molecular formula is C9H21NOS. The van der Waals surface area contributed by atoms with Crippen molar-refractivity contribution in [2.24, 2.45) is 0 Å². The highest BCUT2D eigenvalue weighted by molar-refractivity contribution is 7.98. The van der Waals surface area contributed by atoms with Crippen molar-refractivity contribution in [3.63, 3.8) is 0 Å². The predicted molar refractivity (Wildman–Crippen MR) is 56.9 cm³/mol. The van der Waals surface area contributed by atoms with Crippen molar-refractivity contribution in [3.8, 4) is 0 Å². The van der Waals surface area contributed by atoms with Gasteiger partial charge in [0.1, 0.15) is 0 Å². The van der Waals surface area contributed by atoms with Gasteiger partial charge in [0.05, 0.1) is 6.10 Å². The zero-order valence-electron chi connectivity index (χ0n) is 8.59. The molecule has 0 amide bonds. The van der Waals surface area contributed by atoms with Crippen LogP contribution in [0.25, 0.3) is 0 Å². The Kier molecular flexibility index (Phi) is 8.07. The Morgan fingerprint density at radius 2 is 2.08 bits per heavy atom. The van der Waals surface area contributed by atoms with Crippen molar-refractivity contribution in [2.75, 3.05) is 25.7 Å². The molecule has 0 fully saturated rings. The minimum atomic E-state index is 0.358. The highest BCUT2D eigenvalue weighted by Gasteiger charge is 2.04. The van der Waals surface area contributed by atoms with E-state index in [1.54, 1.807) is 0 Å². The first-order valence-electron chi connectivity index (χ1n) is 4.48. The van der Waals surface area contributed by atoms with Crippen LogP contribution in [0.15, 0.2) is 0 Å². The molecule has 12 heavy (non-hydrogen) atoms. The Balaban J connectivity index is 3.31. The standard InChI is InChI=1S/C9H21NOS/c1-8(2)11-6-5-9(10-3)7-12-4/h8-10H,5-7H2,1-4H3. The number of nitrogens with one attached hydrogen (secondary N) is 1. The summed E-state index contributed by atoms with van der Waals surface area (Å²) < 4.78 is 5.47. The lowest BCUT2D eigenvalue weighted by Gasteiger charge is -2.15. The fourth-order valence-electron chi connectivity index (χ4n) is 0.958. The van der Waals surface area contributed by atoms with Gasteiger partial charge in [-0.05, 0) is 33.6 Å². The van der Waals surface area contributed by atoms with Crippen LogP contribution in [0.4, 0.5) is 0 Å². The molecule has 1 unspecified atom stereocenters. The van der Waals surface area contributed by atoms with Gasteiger partial charge in [0.25, 0.3) is 0 Å². The molecule has 0 bridgehead atoms. The van der Waals surface area contributed by atoms with Gasteiger partial charge in [0.15, 0.2) is 0 Å². The van der Waals surface area contributed by atoms with Gasteiger partial charge in [-0.15, -0.1) is 0 Å². The average molecular weight is 191 g/mol. The Morgan fingerprint density at radius 3 is 2.50 bits per heavy atom. The van der Waals surface area contributed by atoms with E-state index >= 15 is 0 Å². The van der Waals surface area contributed by atoms with Gasteiger partial charge in [-0.1, -0.05) is 0 Å². The Bertz CT molecular complexity index is 98.5. The van der Waals surface area contributed by atoms with Crippen molar-refractivity contribution in [1.29, 1.82) is 0 Å².